The molecule has 1 amide bonds. The number of carbonyl (C=O) groups excluding carboxylic acids is 1. The van der Waals surface area contributed by atoms with Gasteiger partial charge in [-0.1, -0.05) is 24.1 Å². The Labute approximate surface area is 120 Å². The zero-order valence-electron chi connectivity index (χ0n) is 11.7. The largest absolute Gasteiger partial charge is 0.352 e. The van der Waals surface area contributed by atoms with E-state index in [0.29, 0.717) is 17.7 Å². The first-order chi connectivity index (χ1) is 9.11. The number of hydrogen-bond donors (Lipinski definition) is 1. The van der Waals surface area contributed by atoms with Gasteiger partial charge in [-0.2, -0.15) is 0 Å². The van der Waals surface area contributed by atoms with E-state index in [0.717, 1.165) is 17.7 Å². The fraction of sp³-hybridized carbons (Fsp3) is 0.562. The molecule has 0 saturated heterocycles. The van der Waals surface area contributed by atoms with E-state index < -0.39 is 0 Å². The van der Waals surface area contributed by atoms with Crippen molar-refractivity contribution in [1.82, 2.24) is 5.32 Å². The number of nitrogens with one attached hydrogen (secondary N) is 1. The lowest BCUT2D eigenvalue weighted by Gasteiger charge is -2.18. The Hall–Kier alpha value is -1.02. The van der Waals surface area contributed by atoms with Crippen molar-refractivity contribution in [2.24, 2.45) is 11.8 Å². The Morgan fingerprint density at radius 2 is 2.05 bits per heavy atom. The zero-order chi connectivity index (χ0) is 13.8. The minimum absolute atomic E-state index is 0.0396. The van der Waals surface area contributed by atoms with Crippen LogP contribution in [0.2, 0.25) is 0 Å². The van der Waals surface area contributed by atoms with Crippen LogP contribution in [0.5, 0.6) is 0 Å². The third kappa shape index (κ3) is 3.50. The number of carbonyl (C=O) groups is 1. The number of halogens is 1. The third-order valence-electron chi connectivity index (χ3n) is 4.17. The summed E-state index contributed by atoms with van der Waals surface area (Å²) in [6, 6.07) is 5.94. The number of amides is 1. The maximum atomic E-state index is 12.2. The van der Waals surface area contributed by atoms with Crippen molar-refractivity contribution in [1.29, 1.82) is 0 Å². The smallest absolute Gasteiger partial charge is 0.251 e. The standard InChI is InChI=1S/C16H22ClNO/c1-11-6-7-15(12(2)8-11)16(19)18-10-14-5-3-4-13(14)9-17/h6-8,13-14H,3-5,9-10H2,1-2H3,(H,18,19). The highest BCUT2D eigenvalue weighted by Gasteiger charge is 2.26. The lowest BCUT2D eigenvalue weighted by Crippen LogP contribution is -2.31. The molecule has 0 bridgehead atoms. The minimum atomic E-state index is 0.0396. The van der Waals surface area contributed by atoms with Gasteiger partial charge in [-0.15, -0.1) is 11.6 Å². The van der Waals surface area contributed by atoms with Gasteiger partial charge in [-0.25, -0.2) is 0 Å². The highest BCUT2D eigenvalue weighted by atomic mass is 35.5. The molecule has 19 heavy (non-hydrogen) atoms. The van der Waals surface area contributed by atoms with Crippen LogP contribution >= 0.6 is 11.6 Å². The van der Waals surface area contributed by atoms with Gasteiger partial charge in [0.05, 0.1) is 0 Å². The molecule has 104 valence electrons. The summed E-state index contributed by atoms with van der Waals surface area (Å²) in [5.74, 6) is 1.87. The molecule has 1 aromatic carbocycles. The summed E-state index contributed by atoms with van der Waals surface area (Å²) in [6.45, 7) is 4.78. The van der Waals surface area contributed by atoms with E-state index in [1.54, 1.807) is 0 Å². The fourth-order valence-electron chi connectivity index (χ4n) is 2.97. The molecule has 1 aliphatic carbocycles. The summed E-state index contributed by atoms with van der Waals surface area (Å²) in [6.07, 6.45) is 3.62. The van der Waals surface area contributed by atoms with Crippen LogP contribution < -0.4 is 5.32 Å². The second kappa shape index (κ2) is 6.42. The Morgan fingerprint density at radius 3 is 2.74 bits per heavy atom. The lowest BCUT2D eigenvalue weighted by molar-refractivity contribution is 0.0944. The SMILES string of the molecule is Cc1ccc(C(=O)NCC2CCCC2CCl)c(C)c1. The van der Waals surface area contributed by atoms with Crippen molar-refractivity contribution >= 4 is 17.5 Å². The average molecular weight is 280 g/mol. The van der Waals surface area contributed by atoms with Gasteiger partial charge in [0.1, 0.15) is 0 Å². The van der Waals surface area contributed by atoms with Gasteiger partial charge >= 0.3 is 0 Å². The molecule has 0 radical (unpaired) electrons. The molecule has 1 N–H and O–H groups in total. The van der Waals surface area contributed by atoms with Crippen LogP contribution in [0.1, 0.15) is 40.7 Å². The summed E-state index contributed by atoms with van der Waals surface area (Å²) in [4.78, 5) is 12.2. The van der Waals surface area contributed by atoms with E-state index >= 15 is 0 Å². The van der Waals surface area contributed by atoms with E-state index in [4.69, 9.17) is 11.6 Å². The zero-order valence-corrected chi connectivity index (χ0v) is 12.5. The van der Waals surface area contributed by atoms with Crippen molar-refractivity contribution in [3.05, 3.63) is 34.9 Å². The summed E-state index contributed by atoms with van der Waals surface area (Å²) < 4.78 is 0. The topological polar surface area (TPSA) is 29.1 Å². The van der Waals surface area contributed by atoms with Crippen LogP contribution in [0.4, 0.5) is 0 Å². The Balaban J connectivity index is 1.94. The van der Waals surface area contributed by atoms with Gasteiger partial charge in [0.2, 0.25) is 0 Å². The average Bonchev–Trinajstić information content (AvgIpc) is 2.83. The van der Waals surface area contributed by atoms with Gasteiger partial charge in [0.15, 0.2) is 0 Å². The Kier molecular flexibility index (Phi) is 4.87. The lowest BCUT2D eigenvalue weighted by atomic mass is 9.97. The van der Waals surface area contributed by atoms with Gasteiger partial charge < -0.3 is 5.32 Å². The van der Waals surface area contributed by atoms with Crippen molar-refractivity contribution in [3.8, 4) is 0 Å². The van der Waals surface area contributed by atoms with Crippen molar-refractivity contribution in [2.45, 2.75) is 33.1 Å². The van der Waals surface area contributed by atoms with E-state index in [1.807, 2.05) is 32.0 Å². The van der Waals surface area contributed by atoms with Crippen LogP contribution in [0.3, 0.4) is 0 Å². The second-order valence-electron chi connectivity index (χ2n) is 5.63. The first-order valence-corrected chi connectivity index (χ1v) is 7.56. The van der Waals surface area contributed by atoms with Crippen LogP contribution in [-0.2, 0) is 0 Å². The molecular formula is C16H22ClNO. The molecule has 0 spiro atoms. The number of rotatable bonds is 4. The molecule has 2 atom stereocenters. The molecule has 1 saturated carbocycles. The molecule has 3 heteroatoms. The number of benzene rings is 1. The Morgan fingerprint density at radius 1 is 1.32 bits per heavy atom. The van der Waals surface area contributed by atoms with Gasteiger partial charge in [0.25, 0.3) is 5.91 Å². The predicted octanol–water partition coefficient (Wildman–Crippen LogP) is 3.69. The predicted molar refractivity (Wildman–Crippen MR) is 79.8 cm³/mol. The third-order valence-corrected chi connectivity index (χ3v) is 4.56. The molecule has 1 fully saturated rings. The van der Waals surface area contributed by atoms with E-state index in [2.05, 4.69) is 5.32 Å². The number of aryl methyl sites for hydroxylation is 2. The molecule has 2 rings (SSSR count). The van der Waals surface area contributed by atoms with Crippen molar-refractivity contribution in [2.75, 3.05) is 12.4 Å². The number of alkyl halides is 1. The molecule has 1 aliphatic rings. The minimum Gasteiger partial charge on any atom is -0.352 e. The fourth-order valence-corrected chi connectivity index (χ4v) is 3.38. The normalized spacial score (nSPS) is 22.5. The quantitative estimate of drug-likeness (QED) is 0.837. The highest BCUT2D eigenvalue weighted by molar-refractivity contribution is 6.18. The molecule has 2 unspecified atom stereocenters. The van der Waals surface area contributed by atoms with Crippen molar-refractivity contribution < 1.29 is 4.79 Å². The first-order valence-electron chi connectivity index (χ1n) is 7.03. The van der Waals surface area contributed by atoms with E-state index in [9.17, 15) is 4.79 Å². The summed E-state index contributed by atoms with van der Waals surface area (Å²) >= 11 is 5.96. The Bertz CT molecular complexity index is 458. The first kappa shape index (κ1) is 14.4. The van der Waals surface area contributed by atoms with Crippen molar-refractivity contribution in [3.63, 3.8) is 0 Å². The van der Waals surface area contributed by atoms with Crippen LogP contribution in [0.25, 0.3) is 0 Å². The van der Waals surface area contributed by atoms with Gasteiger partial charge in [-0.05, 0) is 50.2 Å². The molecule has 0 aliphatic heterocycles. The summed E-state index contributed by atoms with van der Waals surface area (Å²) in [7, 11) is 0. The molecule has 2 nitrogen and oxygen atoms in total. The highest BCUT2D eigenvalue weighted by Crippen LogP contribution is 2.32. The van der Waals surface area contributed by atoms with E-state index in [-0.39, 0.29) is 5.91 Å². The number of hydrogen-bond acceptors (Lipinski definition) is 1. The molecule has 0 aromatic heterocycles. The summed E-state index contributed by atoms with van der Waals surface area (Å²) in [5, 5.41) is 3.07. The van der Waals surface area contributed by atoms with E-state index in [1.165, 1.54) is 24.8 Å². The molecular weight excluding hydrogens is 258 g/mol. The van der Waals surface area contributed by atoms with Gasteiger partial charge in [0, 0.05) is 18.0 Å². The van der Waals surface area contributed by atoms with Crippen LogP contribution in [-0.4, -0.2) is 18.3 Å². The monoisotopic (exact) mass is 279 g/mol. The maximum Gasteiger partial charge on any atom is 0.251 e. The maximum absolute atomic E-state index is 12.2. The second-order valence-corrected chi connectivity index (χ2v) is 5.94. The van der Waals surface area contributed by atoms with Crippen LogP contribution in [0.15, 0.2) is 18.2 Å². The van der Waals surface area contributed by atoms with Crippen LogP contribution in [0, 0.1) is 25.7 Å². The molecule has 0 heterocycles. The summed E-state index contributed by atoms with van der Waals surface area (Å²) in [5.41, 5.74) is 3.01. The molecule has 1 aromatic rings. The van der Waals surface area contributed by atoms with Gasteiger partial charge in [-0.3, -0.25) is 4.79 Å².